The predicted octanol–water partition coefficient (Wildman–Crippen LogP) is 2.73. The van der Waals surface area contributed by atoms with Crippen LogP contribution in [0.5, 0.6) is 0 Å². The highest BCUT2D eigenvalue weighted by atomic mass is 16.1. The predicted molar refractivity (Wildman–Crippen MR) is 48.4 cm³/mol. The molecule has 0 aliphatic rings. The van der Waals surface area contributed by atoms with Crippen molar-refractivity contribution in [3.05, 3.63) is 24.3 Å². The normalized spacial score (nSPS) is 14.5. The van der Waals surface area contributed by atoms with Crippen molar-refractivity contribution < 1.29 is 4.79 Å². The maximum Gasteiger partial charge on any atom is 0.152 e. The minimum atomic E-state index is 0.0961. The highest BCUT2D eigenvalue weighted by Crippen LogP contribution is 2.01. The molecule has 0 radical (unpaired) electrons. The van der Waals surface area contributed by atoms with E-state index in [1.54, 1.807) is 19.1 Å². The van der Waals surface area contributed by atoms with E-state index in [9.17, 15) is 4.79 Å². The minimum Gasteiger partial charge on any atom is -0.295 e. The molecule has 1 nitrogen and oxygen atoms in total. The van der Waals surface area contributed by atoms with Gasteiger partial charge in [-0.2, -0.15) is 0 Å². The van der Waals surface area contributed by atoms with Crippen LogP contribution in [-0.2, 0) is 4.79 Å². The van der Waals surface area contributed by atoms with Crippen LogP contribution in [0.1, 0.15) is 27.2 Å². The summed E-state index contributed by atoms with van der Waals surface area (Å²) in [6.45, 7) is 5.84. The molecule has 0 N–H and O–H groups in total. The molecule has 1 atom stereocenters. The largest absolute Gasteiger partial charge is 0.295 e. The number of carbonyl (C=O) groups is 1. The van der Waals surface area contributed by atoms with Crippen molar-refractivity contribution in [3.8, 4) is 0 Å². The molecule has 0 amide bonds. The molecular weight excluding hydrogens is 136 g/mol. The third kappa shape index (κ3) is 7.04. The Labute approximate surface area is 68.8 Å². The quantitative estimate of drug-likeness (QED) is 0.447. The van der Waals surface area contributed by atoms with Gasteiger partial charge in [0, 0.05) is 0 Å². The first kappa shape index (κ1) is 10.2. The van der Waals surface area contributed by atoms with Crippen molar-refractivity contribution in [2.75, 3.05) is 0 Å². The monoisotopic (exact) mass is 152 g/mol. The Kier molecular flexibility index (Phi) is 5.44. The molecule has 0 aromatic carbocycles. The molecule has 0 saturated carbocycles. The first-order valence-electron chi connectivity index (χ1n) is 4.02. The van der Waals surface area contributed by atoms with E-state index in [0.717, 1.165) is 6.42 Å². The minimum absolute atomic E-state index is 0.0961. The zero-order valence-corrected chi connectivity index (χ0v) is 7.50. The average Bonchev–Trinajstić information content (AvgIpc) is 1.97. The second-order valence-electron chi connectivity index (χ2n) is 2.74. The standard InChI is InChI=1S/C10H16O/c1-4-9(2)7-5-6-8-10(3)11/h5-9H,4H2,1-3H3/b7-5+,8-6+/t9-/m0/s1. The number of ketones is 1. The van der Waals surface area contributed by atoms with Crippen molar-refractivity contribution in [3.63, 3.8) is 0 Å². The highest BCUT2D eigenvalue weighted by molar-refractivity contribution is 5.87. The second-order valence-corrected chi connectivity index (χ2v) is 2.74. The summed E-state index contributed by atoms with van der Waals surface area (Å²) in [6.07, 6.45) is 8.52. The Bertz CT molecular complexity index is 166. The summed E-state index contributed by atoms with van der Waals surface area (Å²) in [5.41, 5.74) is 0. The molecule has 0 rings (SSSR count). The van der Waals surface area contributed by atoms with E-state index in [1.807, 2.05) is 6.08 Å². The maximum absolute atomic E-state index is 10.4. The average molecular weight is 152 g/mol. The Morgan fingerprint density at radius 3 is 2.55 bits per heavy atom. The van der Waals surface area contributed by atoms with E-state index in [4.69, 9.17) is 0 Å². The molecule has 0 aliphatic carbocycles. The van der Waals surface area contributed by atoms with Gasteiger partial charge in [-0.1, -0.05) is 38.5 Å². The number of hydrogen-bond donors (Lipinski definition) is 0. The van der Waals surface area contributed by atoms with Crippen molar-refractivity contribution in [2.45, 2.75) is 27.2 Å². The van der Waals surface area contributed by atoms with Crippen LogP contribution in [-0.4, -0.2) is 5.78 Å². The maximum atomic E-state index is 10.4. The Morgan fingerprint density at radius 1 is 1.45 bits per heavy atom. The number of allylic oxidation sites excluding steroid dienone is 4. The van der Waals surface area contributed by atoms with Crippen LogP contribution in [0.2, 0.25) is 0 Å². The van der Waals surface area contributed by atoms with E-state index < -0.39 is 0 Å². The summed E-state index contributed by atoms with van der Waals surface area (Å²) >= 11 is 0. The molecule has 0 aromatic rings. The van der Waals surface area contributed by atoms with Crippen LogP contribution >= 0.6 is 0 Å². The van der Waals surface area contributed by atoms with Gasteiger partial charge >= 0.3 is 0 Å². The SMILES string of the molecule is CC[C@H](C)/C=C/C=C/C(C)=O. The van der Waals surface area contributed by atoms with Gasteiger partial charge in [-0.25, -0.2) is 0 Å². The van der Waals surface area contributed by atoms with Crippen LogP contribution in [0, 0.1) is 5.92 Å². The molecule has 11 heavy (non-hydrogen) atoms. The molecule has 0 aliphatic heterocycles. The zero-order chi connectivity index (χ0) is 8.69. The number of carbonyl (C=O) groups excluding carboxylic acids is 1. The summed E-state index contributed by atoms with van der Waals surface area (Å²) in [5, 5.41) is 0. The van der Waals surface area contributed by atoms with E-state index >= 15 is 0 Å². The summed E-state index contributed by atoms with van der Waals surface area (Å²) in [4.78, 5) is 10.4. The molecular formula is C10H16O. The number of rotatable bonds is 4. The number of hydrogen-bond acceptors (Lipinski definition) is 1. The smallest absolute Gasteiger partial charge is 0.152 e. The Hall–Kier alpha value is -0.850. The summed E-state index contributed by atoms with van der Waals surface area (Å²) in [7, 11) is 0. The fraction of sp³-hybridized carbons (Fsp3) is 0.500. The van der Waals surface area contributed by atoms with Gasteiger partial charge in [-0.05, 0) is 18.9 Å². The molecule has 1 heteroatoms. The van der Waals surface area contributed by atoms with Crippen LogP contribution in [0.15, 0.2) is 24.3 Å². The van der Waals surface area contributed by atoms with Crippen molar-refractivity contribution in [1.82, 2.24) is 0 Å². The molecule has 0 heterocycles. The van der Waals surface area contributed by atoms with Gasteiger partial charge in [0.25, 0.3) is 0 Å². The van der Waals surface area contributed by atoms with Gasteiger partial charge < -0.3 is 0 Å². The lowest BCUT2D eigenvalue weighted by molar-refractivity contribution is -0.112. The molecule has 0 saturated heterocycles. The lowest BCUT2D eigenvalue weighted by Gasteiger charge is -1.96. The molecule has 0 spiro atoms. The van der Waals surface area contributed by atoms with Crippen LogP contribution in [0.3, 0.4) is 0 Å². The van der Waals surface area contributed by atoms with E-state index in [-0.39, 0.29) is 5.78 Å². The van der Waals surface area contributed by atoms with E-state index in [1.165, 1.54) is 0 Å². The van der Waals surface area contributed by atoms with Gasteiger partial charge in [0.2, 0.25) is 0 Å². The molecule has 62 valence electrons. The van der Waals surface area contributed by atoms with Crippen LogP contribution in [0.4, 0.5) is 0 Å². The fourth-order valence-electron chi connectivity index (χ4n) is 0.581. The highest BCUT2D eigenvalue weighted by Gasteiger charge is 1.87. The third-order valence-corrected chi connectivity index (χ3v) is 1.53. The summed E-state index contributed by atoms with van der Waals surface area (Å²) < 4.78 is 0. The Morgan fingerprint density at radius 2 is 2.09 bits per heavy atom. The Balaban J connectivity index is 3.67. The molecule has 0 unspecified atom stereocenters. The summed E-state index contributed by atoms with van der Waals surface area (Å²) in [5.74, 6) is 0.699. The van der Waals surface area contributed by atoms with Gasteiger partial charge in [0.15, 0.2) is 5.78 Å². The lowest BCUT2D eigenvalue weighted by atomic mass is 10.1. The van der Waals surface area contributed by atoms with E-state index in [2.05, 4.69) is 19.9 Å². The van der Waals surface area contributed by atoms with Crippen LogP contribution in [0.25, 0.3) is 0 Å². The lowest BCUT2D eigenvalue weighted by Crippen LogP contribution is -1.83. The van der Waals surface area contributed by atoms with Gasteiger partial charge in [0.05, 0.1) is 0 Å². The van der Waals surface area contributed by atoms with E-state index in [0.29, 0.717) is 5.92 Å². The van der Waals surface area contributed by atoms with Crippen molar-refractivity contribution in [2.24, 2.45) is 5.92 Å². The van der Waals surface area contributed by atoms with Gasteiger partial charge in [0.1, 0.15) is 0 Å². The molecule has 0 aromatic heterocycles. The first-order chi connectivity index (χ1) is 5.16. The van der Waals surface area contributed by atoms with Crippen molar-refractivity contribution >= 4 is 5.78 Å². The van der Waals surface area contributed by atoms with Crippen LogP contribution < -0.4 is 0 Å². The topological polar surface area (TPSA) is 17.1 Å². The third-order valence-electron chi connectivity index (χ3n) is 1.53. The molecule has 0 fully saturated rings. The van der Waals surface area contributed by atoms with Gasteiger partial charge in [-0.3, -0.25) is 4.79 Å². The second kappa shape index (κ2) is 5.90. The van der Waals surface area contributed by atoms with Gasteiger partial charge in [-0.15, -0.1) is 0 Å². The molecule has 0 bridgehead atoms. The van der Waals surface area contributed by atoms with Crippen molar-refractivity contribution in [1.29, 1.82) is 0 Å². The first-order valence-corrected chi connectivity index (χ1v) is 4.02. The summed E-state index contributed by atoms with van der Waals surface area (Å²) in [6, 6.07) is 0. The fourth-order valence-corrected chi connectivity index (χ4v) is 0.581. The zero-order valence-electron chi connectivity index (χ0n) is 7.50.